The fourth-order valence-corrected chi connectivity index (χ4v) is 1.70. The van der Waals surface area contributed by atoms with E-state index in [0.717, 1.165) is 0 Å². The van der Waals surface area contributed by atoms with Crippen molar-refractivity contribution in [2.75, 3.05) is 6.61 Å². The number of rotatable bonds is 4. The molecule has 6 atom stereocenters. The molecule has 0 radical (unpaired) electrons. The number of aliphatic hydroxyl groups is 6. The van der Waals surface area contributed by atoms with Crippen LogP contribution < -0.4 is 0 Å². The highest BCUT2D eigenvalue weighted by Gasteiger charge is 2.53. The minimum atomic E-state index is -2.78. The third kappa shape index (κ3) is 2.78. The van der Waals surface area contributed by atoms with Crippen LogP contribution >= 0.6 is 0 Å². The van der Waals surface area contributed by atoms with Crippen molar-refractivity contribution >= 4 is 5.97 Å². The molecule has 1 rings (SSSR count). The third-order valence-corrected chi connectivity index (χ3v) is 2.80. The lowest BCUT2D eigenvalue weighted by Crippen LogP contribution is -2.63. The second-order valence-electron chi connectivity index (χ2n) is 4.17. The molecule has 1 aliphatic heterocycles. The van der Waals surface area contributed by atoms with Crippen molar-refractivity contribution < 1.29 is 45.3 Å². The van der Waals surface area contributed by atoms with Gasteiger partial charge >= 0.3 is 5.97 Å². The number of carboxylic acids is 1. The Hall–Kier alpha value is -0.810. The van der Waals surface area contributed by atoms with E-state index in [2.05, 4.69) is 4.74 Å². The van der Waals surface area contributed by atoms with Crippen molar-refractivity contribution in [3.05, 3.63) is 0 Å². The molecule has 0 saturated carbocycles. The summed E-state index contributed by atoms with van der Waals surface area (Å²) in [5.74, 6) is -4.58. The molecule has 9 nitrogen and oxygen atoms in total. The van der Waals surface area contributed by atoms with Crippen LogP contribution in [-0.4, -0.2) is 84.6 Å². The van der Waals surface area contributed by atoms with Gasteiger partial charge in [0.25, 0.3) is 5.79 Å². The average Bonchev–Trinajstić information content (AvgIpc) is 2.31. The van der Waals surface area contributed by atoms with Crippen molar-refractivity contribution in [2.45, 2.75) is 42.7 Å². The van der Waals surface area contributed by atoms with Gasteiger partial charge in [0.2, 0.25) is 0 Å². The predicted octanol–water partition coefficient (Wildman–Crippen LogP) is -4.02. The first kappa shape index (κ1) is 15.2. The Morgan fingerprint density at radius 1 is 1.39 bits per heavy atom. The van der Waals surface area contributed by atoms with Crippen molar-refractivity contribution in [3.63, 3.8) is 0 Å². The quantitative estimate of drug-likeness (QED) is 0.268. The molecular weight excluding hydrogens is 252 g/mol. The molecule has 0 bridgehead atoms. The molecule has 0 aromatic heterocycles. The van der Waals surface area contributed by atoms with E-state index >= 15 is 0 Å². The SMILES string of the molecule is O=C(O)[C@]1(O)C[C@@H](O)[C@@H](O)[C@@H]([C@H](O)[C@H](O)CO)O1. The average molecular weight is 268 g/mol. The third-order valence-electron chi connectivity index (χ3n) is 2.80. The maximum atomic E-state index is 10.8. The summed E-state index contributed by atoms with van der Waals surface area (Å²) in [5, 5.41) is 64.6. The first-order valence-electron chi connectivity index (χ1n) is 5.19. The van der Waals surface area contributed by atoms with E-state index in [4.69, 9.17) is 10.2 Å². The minimum Gasteiger partial charge on any atom is -0.477 e. The molecule has 106 valence electrons. The van der Waals surface area contributed by atoms with Crippen LogP contribution in [0, 0.1) is 0 Å². The van der Waals surface area contributed by atoms with Crippen LogP contribution in [-0.2, 0) is 9.53 Å². The van der Waals surface area contributed by atoms with E-state index in [1.165, 1.54) is 0 Å². The molecule has 1 saturated heterocycles. The molecule has 1 fully saturated rings. The predicted molar refractivity (Wildman–Crippen MR) is 53.2 cm³/mol. The Balaban J connectivity index is 2.92. The van der Waals surface area contributed by atoms with E-state index in [1.807, 2.05) is 0 Å². The van der Waals surface area contributed by atoms with Gasteiger partial charge < -0.3 is 40.5 Å². The maximum Gasteiger partial charge on any atom is 0.364 e. The molecule has 9 heteroatoms. The van der Waals surface area contributed by atoms with Crippen LogP contribution in [0.5, 0.6) is 0 Å². The zero-order chi connectivity index (χ0) is 14.1. The summed E-state index contributed by atoms with van der Waals surface area (Å²) in [7, 11) is 0. The topological polar surface area (TPSA) is 168 Å². The molecule has 0 aliphatic carbocycles. The Kier molecular flexibility index (Phi) is 4.61. The molecule has 18 heavy (non-hydrogen) atoms. The minimum absolute atomic E-state index is 0.790. The van der Waals surface area contributed by atoms with E-state index in [0.29, 0.717) is 0 Å². The van der Waals surface area contributed by atoms with Gasteiger partial charge in [-0.15, -0.1) is 0 Å². The van der Waals surface area contributed by atoms with Crippen molar-refractivity contribution in [3.8, 4) is 0 Å². The van der Waals surface area contributed by atoms with E-state index < -0.39 is 55.3 Å². The first-order valence-corrected chi connectivity index (χ1v) is 5.19. The highest BCUT2D eigenvalue weighted by atomic mass is 16.7. The zero-order valence-corrected chi connectivity index (χ0v) is 9.25. The number of carbonyl (C=O) groups is 1. The van der Waals surface area contributed by atoms with Crippen molar-refractivity contribution in [1.29, 1.82) is 0 Å². The van der Waals surface area contributed by atoms with E-state index in [1.54, 1.807) is 0 Å². The summed E-state index contributed by atoms with van der Waals surface area (Å²) >= 11 is 0. The Morgan fingerprint density at radius 3 is 2.39 bits per heavy atom. The van der Waals surface area contributed by atoms with Gasteiger partial charge in [-0.2, -0.15) is 0 Å². The second kappa shape index (κ2) is 5.45. The van der Waals surface area contributed by atoms with Gasteiger partial charge in [0.15, 0.2) is 0 Å². The smallest absolute Gasteiger partial charge is 0.364 e. The number of aliphatic carboxylic acids is 1. The Bertz CT molecular complexity index is 308. The fourth-order valence-electron chi connectivity index (χ4n) is 1.70. The summed E-state index contributed by atoms with van der Waals surface area (Å²) in [4.78, 5) is 10.8. The summed E-state index contributed by atoms with van der Waals surface area (Å²) in [6, 6.07) is 0. The molecule has 0 aromatic carbocycles. The molecule has 0 unspecified atom stereocenters. The molecule has 7 N–H and O–H groups in total. The summed E-state index contributed by atoms with van der Waals surface area (Å²) in [5.41, 5.74) is 0. The zero-order valence-electron chi connectivity index (χ0n) is 9.25. The van der Waals surface area contributed by atoms with Crippen LogP contribution in [0.15, 0.2) is 0 Å². The fraction of sp³-hybridized carbons (Fsp3) is 0.889. The first-order chi connectivity index (χ1) is 8.23. The van der Waals surface area contributed by atoms with E-state index in [9.17, 15) is 30.3 Å². The van der Waals surface area contributed by atoms with Gasteiger partial charge in [-0.1, -0.05) is 0 Å². The molecule has 0 aromatic rings. The molecule has 0 amide bonds. The number of ether oxygens (including phenoxy) is 1. The Morgan fingerprint density at radius 2 is 1.94 bits per heavy atom. The van der Waals surface area contributed by atoms with Crippen LogP contribution in [0.2, 0.25) is 0 Å². The number of hydrogen-bond acceptors (Lipinski definition) is 8. The number of carboxylic acid groups (broad SMARTS) is 1. The normalized spacial score (nSPS) is 40.2. The van der Waals surface area contributed by atoms with Crippen LogP contribution in [0.3, 0.4) is 0 Å². The van der Waals surface area contributed by atoms with Gasteiger partial charge in [0.1, 0.15) is 24.4 Å². The van der Waals surface area contributed by atoms with E-state index in [-0.39, 0.29) is 0 Å². The summed E-state index contributed by atoms with van der Waals surface area (Å²) in [6.45, 7) is -0.866. The number of hydrogen-bond donors (Lipinski definition) is 7. The largest absolute Gasteiger partial charge is 0.477 e. The summed E-state index contributed by atoms with van der Waals surface area (Å²) < 4.78 is 4.63. The molecule has 1 heterocycles. The van der Waals surface area contributed by atoms with Crippen molar-refractivity contribution in [1.82, 2.24) is 0 Å². The summed E-state index contributed by atoms with van der Waals surface area (Å²) in [6.07, 6.45) is -9.50. The number of aliphatic hydroxyl groups excluding tert-OH is 5. The van der Waals surface area contributed by atoms with Gasteiger partial charge in [-0.05, 0) is 0 Å². The van der Waals surface area contributed by atoms with Crippen LogP contribution in [0.1, 0.15) is 6.42 Å². The lowest BCUT2D eigenvalue weighted by Gasteiger charge is -2.42. The van der Waals surface area contributed by atoms with Gasteiger partial charge in [0, 0.05) is 6.42 Å². The highest BCUT2D eigenvalue weighted by Crippen LogP contribution is 2.30. The Labute approximate surface area is 101 Å². The molecule has 1 aliphatic rings. The molecular formula is C9H16O9. The lowest BCUT2D eigenvalue weighted by atomic mass is 9.91. The van der Waals surface area contributed by atoms with Gasteiger partial charge in [-0.25, -0.2) is 4.79 Å². The standard InChI is InChI=1S/C9H16O9/c10-2-4(12)6(14)7-5(13)3(11)1-9(17,18-7)8(15)16/h3-7,10-14,17H,1-2H2,(H,15,16)/t3-,4-,5-,6-,7+,9+/m1/s1. The maximum absolute atomic E-state index is 10.8. The highest BCUT2D eigenvalue weighted by molar-refractivity contribution is 5.75. The van der Waals surface area contributed by atoms with Gasteiger partial charge in [0.05, 0.1) is 12.7 Å². The molecule has 0 spiro atoms. The van der Waals surface area contributed by atoms with Crippen LogP contribution in [0.4, 0.5) is 0 Å². The van der Waals surface area contributed by atoms with Gasteiger partial charge in [-0.3, -0.25) is 0 Å². The van der Waals surface area contributed by atoms with Crippen LogP contribution in [0.25, 0.3) is 0 Å². The monoisotopic (exact) mass is 268 g/mol. The second-order valence-corrected chi connectivity index (χ2v) is 4.17. The van der Waals surface area contributed by atoms with Crippen molar-refractivity contribution in [2.24, 2.45) is 0 Å². The lowest BCUT2D eigenvalue weighted by molar-refractivity contribution is -0.312.